The van der Waals surface area contributed by atoms with Crippen LogP contribution in [-0.4, -0.2) is 295 Å². The summed E-state index contributed by atoms with van der Waals surface area (Å²) in [5.74, 6) is -14.2. The van der Waals surface area contributed by atoms with Gasteiger partial charge in [0.25, 0.3) is 0 Å². The van der Waals surface area contributed by atoms with Crippen molar-refractivity contribution in [1.29, 1.82) is 0 Å². The van der Waals surface area contributed by atoms with E-state index < -0.39 is 168 Å². The number of esters is 2. The quantitative estimate of drug-likeness (QED) is 0.0166. The van der Waals surface area contributed by atoms with Crippen LogP contribution in [0.1, 0.15) is 75.6 Å². The van der Waals surface area contributed by atoms with Crippen LogP contribution in [0.15, 0.2) is 18.2 Å². The van der Waals surface area contributed by atoms with Crippen LogP contribution in [0, 0.1) is 0 Å². The van der Waals surface area contributed by atoms with E-state index in [9.17, 15) is 77.3 Å². The van der Waals surface area contributed by atoms with E-state index in [-0.39, 0.29) is 141 Å². The number of nitrogens with zero attached hydrogens (tertiary/aromatic N) is 4. The summed E-state index contributed by atoms with van der Waals surface area (Å²) in [4.78, 5) is 185. The maximum absolute atomic E-state index is 14.3. The van der Waals surface area contributed by atoms with Crippen LogP contribution >= 0.6 is 71.9 Å². The third-order valence-electron chi connectivity index (χ3n) is 15.9. The molecule has 13 atom stereocenters. The maximum atomic E-state index is 14.3. The van der Waals surface area contributed by atoms with Crippen molar-refractivity contribution in [1.82, 2.24) is 67.5 Å². The summed E-state index contributed by atoms with van der Waals surface area (Å²) >= 11 is 19.7. The van der Waals surface area contributed by atoms with Gasteiger partial charge in [0.15, 0.2) is 0 Å². The van der Waals surface area contributed by atoms with Crippen molar-refractivity contribution < 1.29 is 107 Å². The molecule has 2 saturated heterocycles. The minimum atomic E-state index is -1.57. The Kier molecular flexibility index (Phi) is 35.0. The Morgan fingerprint density at radius 1 is 0.569 bits per heavy atom. The monoisotopic (exact) mass is 1550 g/mol. The number of carboxylic acids is 6. The molecule has 0 spiro atoms. The highest BCUT2D eigenvalue weighted by molar-refractivity contribution is 8.24. The van der Waals surface area contributed by atoms with E-state index in [0.717, 1.165) is 35.3 Å². The Balaban J connectivity index is 1.32. The molecule has 0 radical (unpaired) electrons. The van der Waals surface area contributed by atoms with Gasteiger partial charge in [-0.15, -0.1) is 0 Å². The molecule has 6 bridgehead atoms. The molecule has 1 aromatic heterocycles. The number of thioether (sulfide) groups is 3. The first-order valence-corrected chi connectivity index (χ1v) is 36.0. The van der Waals surface area contributed by atoms with Gasteiger partial charge in [-0.25, -0.2) is 0 Å². The summed E-state index contributed by atoms with van der Waals surface area (Å²) in [6.45, 7) is -0.656. The number of carboxylic acid groups (broad SMARTS) is 6. The van der Waals surface area contributed by atoms with Crippen LogP contribution in [-0.2, 0) is 89.7 Å². The molecule has 4 aliphatic rings. The molecule has 1 aliphatic carbocycles. The smallest absolute Gasteiger partial charge is 0.323 e. The second-order valence-corrected chi connectivity index (χ2v) is 29.2. The molecule has 5 rings (SSSR count). The molecule has 44 heteroatoms. The topological polar surface area (TPSA) is 588 Å². The number of rotatable bonds is 39. The third kappa shape index (κ3) is 29.5. The van der Waals surface area contributed by atoms with E-state index in [2.05, 4.69) is 47.9 Å². The number of thiocarbonyl (C=S) groups is 3. The number of hydrogen-bond donors (Lipinski definition) is 18. The number of hydrogen-bond acceptors (Lipinski definition) is 29. The number of pyridine rings is 1. The van der Waals surface area contributed by atoms with Gasteiger partial charge in [0.2, 0.25) is 35.4 Å². The van der Waals surface area contributed by atoms with Gasteiger partial charge in [0.1, 0.15) is 92.6 Å². The minimum Gasteiger partial charge on any atom is -0.480 e. The van der Waals surface area contributed by atoms with E-state index in [1.807, 2.05) is 14.7 Å². The van der Waals surface area contributed by atoms with Crippen molar-refractivity contribution >= 4 is 168 Å². The molecule has 6 amide bonds. The summed E-state index contributed by atoms with van der Waals surface area (Å²) in [6, 6.07) is -3.08. The first-order chi connectivity index (χ1) is 48.2. The number of carbonyl (C=O) groups excluding carboxylic acids is 8. The van der Waals surface area contributed by atoms with Gasteiger partial charge in [0.05, 0.1) is 11.4 Å². The molecular weight excluding hydrogens is 1470 g/mol. The fraction of sp³-hybridized carbons (Fsp3) is 0.621. The van der Waals surface area contributed by atoms with Crippen molar-refractivity contribution in [2.45, 2.75) is 143 Å². The lowest BCUT2D eigenvalue weighted by atomic mass is 10.1. The van der Waals surface area contributed by atoms with Gasteiger partial charge in [-0.3, -0.25) is 86.8 Å². The molecule has 3 aliphatic heterocycles. The first-order valence-electron chi connectivity index (χ1n) is 31.9. The van der Waals surface area contributed by atoms with Gasteiger partial charge in [-0.05, 0) is 57.1 Å². The Bertz CT molecular complexity index is 3130. The second-order valence-electron chi connectivity index (χ2n) is 23.9. The molecule has 0 aromatic carbocycles. The zero-order valence-electron chi connectivity index (χ0n) is 54.9. The molecule has 1 saturated carbocycles. The molecule has 4 heterocycles. The number of ether oxygens (including phenoxy) is 2. The fourth-order valence-electron chi connectivity index (χ4n) is 10.6. The largest absolute Gasteiger partial charge is 0.480 e. The van der Waals surface area contributed by atoms with Crippen LogP contribution in [0.3, 0.4) is 0 Å². The van der Waals surface area contributed by atoms with Gasteiger partial charge in [-0.1, -0.05) is 78.0 Å². The van der Waals surface area contributed by atoms with Crippen LogP contribution in [0.5, 0.6) is 0 Å². The predicted octanol–water partition coefficient (Wildman–Crippen LogP) is -5.64. The average molecular weight is 1550 g/mol. The lowest BCUT2D eigenvalue weighted by Gasteiger charge is -2.42. The number of fused-ring (bicyclic) bond motifs is 6. The fourth-order valence-corrected chi connectivity index (χ4v) is 14.3. The predicted molar refractivity (Wildman–Crippen MR) is 377 cm³/mol. The number of amides is 6. The minimum absolute atomic E-state index is 0.0542. The Hall–Kier alpha value is -7.79. The van der Waals surface area contributed by atoms with Gasteiger partial charge in [0, 0.05) is 101 Å². The van der Waals surface area contributed by atoms with Crippen LogP contribution in [0.4, 0.5) is 0 Å². The maximum Gasteiger partial charge on any atom is 0.323 e. The first kappa shape index (κ1) is 84.9. The SMILES string of the molecule is N[C@@H](CCC(=O)N[C@@H](CSC(=S)NCCC1C(=O)OC2CN(CCCNC(=S)SC3CC3(NC(=O)CC[C@H](N)C(=O)O)C(=O)NCC(=O)O)CC3CN(Cc4cccc(n4)CN1C2)C(CCNC(=S)SC[C@H](NC(=O)CC[C@H](N)C(=O)O)C(=O)NCC(=O)O)C(=O)O3)C(=O)NCC(=O)O)C(=O)O. The van der Waals surface area contributed by atoms with E-state index >= 15 is 0 Å². The summed E-state index contributed by atoms with van der Waals surface area (Å²) in [5.41, 5.74) is 16.2. The van der Waals surface area contributed by atoms with Gasteiger partial charge < -0.3 is 105 Å². The van der Waals surface area contributed by atoms with E-state index in [0.29, 0.717) is 24.4 Å². The molecule has 8 unspecified atom stereocenters. The highest BCUT2D eigenvalue weighted by Crippen LogP contribution is 2.46. The molecular formula is C58H84N16O22S6. The highest BCUT2D eigenvalue weighted by Gasteiger charge is 2.62. The summed E-state index contributed by atoms with van der Waals surface area (Å²) in [5, 5.41) is 77.8. The molecule has 564 valence electrons. The Labute approximate surface area is 612 Å². The van der Waals surface area contributed by atoms with Crippen LogP contribution < -0.4 is 65.1 Å². The number of morpholine rings is 2. The van der Waals surface area contributed by atoms with E-state index in [1.54, 1.807) is 18.2 Å². The Morgan fingerprint density at radius 3 is 1.40 bits per heavy atom. The van der Waals surface area contributed by atoms with Gasteiger partial charge >= 0.3 is 47.8 Å². The summed E-state index contributed by atoms with van der Waals surface area (Å²) < 4.78 is 12.9. The average Bonchev–Trinajstić information content (AvgIpc) is 1.58. The third-order valence-corrected chi connectivity index (χ3v) is 20.3. The molecule has 3 fully saturated rings. The van der Waals surface area contributed by atoms with Crippen molar-refractivity contribution in [3.63, 3.8) is 0 Å². The van der Waals surface area contributed by atoms with Crippen LogP contribution in [0.25, 0.3) is 0 Å². The molecule has 102 heavy (non-hydrogen) atoms. The summed E-state index contributed by atoms with van der Waals surface area (Å²) in [7, 11) is 0. The number of aliphatic carboxylic acids is 6. The Morgan fingerprint density at radius 2 is 0.980 bits per heavy atom. The lowest BCUT2D eigenvalue weighted by molar-refractivity contribution is -0.172. The van der Waals surface area contributed by atoms with Crippen molar-refractivity contribution in [2.24, 2.45) is 17.2 Å². The van der Waals surface area contributed by atoms with Crippen molar-refractivity contribution in [2.75, 3.05) is 83.5 Å². The lowest BCUT2D eigenvalue weighted by Crippen LogP contribution is -2.58. The van der Waals surface area contributed by atoms with Crippen LogP contribution in [0.2, 0.25) is 0 Å². The van der Waals surface area contributed by atoms with Crippen molar-refractivity contribution in [3.8, 4) is 0 Å². The standard InChI is InChI=1S/C58H84N16O22S6/c59-33(49(86)87)5-8-41(75)69-36(47(84)65-18-44(78)79)27-100-55(97)63-14-11-38-52(92)95-31-23-72(16-2-13-62-57(99)102-40-17-58(40,54(94)67-20-46(82)83)71-43(77)10-7-35(61)51(90)91)24-32-26-74(22-30-4-1-3-29(68-30)21-73(38)25-31)39(53(93)96-32)12-15-64-56(98)101-28-37(48(85)66-19-45(80)81)70-42(76)9-6-34(60)50(88)89/h1,3-4,31-40H,2,5-28,59-61H2,(H,62,99)(H,63,97)(H,64,98)(H,65,84)(H,66,85)(H,67,94)(H,69,75)(H,70,76)(H,71,77)(H,78,79)(H,80,81)(H,82,83)(H,86,87)(H,88,89)(H,90,91)/t31?,32?,33-,34-,35-,36-,37-,38?,39?,40?,58?/m0/s1. The van der Waals surface area contributed by atoms with E-state index in [1.165, 1.54) is 0 Å². The van der Waals surface area contributed by atoms with Crippen molar-refractivity contribution in [3.05, 3.63) is 29.6 Å². The second kappa shape index (κ2) is 42.1. The zero-order chi connectivity index (χ0) is 75.4. The number of nitrogens with one attached hydrogen (secondary N) is 9. The molecule has 38 nitrogen and oxygen atoms in total. The van der Waals surface area contributed by atoms with Gasteiger partial charge in [-0.2, -0.15) is 0 Å². The molecule has 21 N–H and O–H groups in total. The van der Waals surface area contributed by atoms with E-state index in [4.69, 9.17) is 88.7 Å². The number of nitrogens with two attached hydrogens (primary N) is 3. The number of aromatic nitrogens is 1. The zero-order valence-corrected chi connectivity index (χ0v) is 59.8. The molecule has 1 aromatic rings. The summed E-state index contributed by atoms with van der Waals surface area (Å²) in [6.07, 6.45) is -2.66. The normalized spacial score (nSPS) is 22.2. The highest BCUT2D eigenvalue weighted by atomic mass is 32.2. The number of carbonyl (C=O) groups is 14.